The smallest absolute Gasteiger partial charge is 0.0775 e. The van der Waals surface area contributed by atoms with E-state index >= 15 is 0 Å². The minimum atomic E-state index is 0.606. The molecule has 0 aliphatic rings. The molecule has 3 aromatic carbocycles. The van der Waals surface area contributed by atoms with Gasteiger partial charge in [-0.15, -0.1) is 0 Å². The molecule has 0 aromatic heterocycles. The summed E-state index contributed by atoms with van der Waals surface area (Å²) in [6.45, 7) is 3.26. The first kappa shape index (κ1) is 17.7. The summed E-state index contributed by atoms with van der Waals surface area (Å²) >= 11 is 13.2. The topological polar surface area (TPSA) is 6.48 Å². The molecule has 0 amide bonds. The fourth-order valence-corrected chi connectivity index (χ4v) is 3.25. The summed E-state index contributed by atoms with van der Waals surface area (Å²) in [6, 6.07) is 26.4. The third-order valence-corrected chi connectivity index (χ3v) is 4.59. The van der Waals surface area contributed by atoms with E-state index in [1.165, 1.54) is 0 Å². The fraction of sp³-hybridized carbons (Fsp3) is 0.143. The maximum absolute atomic E-state index is 6.61. The van der Waals surface area contributed by atoms with Gasteiger partial charge in [-0.2, -0.15) is 0 Å². The fourth-order valence-electron chi connectivity index (χ4n) is 2.69. The van der Waals surface area contributed by atoms with Crippen LogP contribution in [-0.2, 0) is 13.1 Å². The predicted molar refractivity (Wildman–Crippen MR) is 108 cm³/mol. The Bertz CT molecular complexity index is 807. The van der Waals surface area contributed by atoms with Gasteiger partial charge < -0.3 is 0 Å². The second-order valence-corrected chi connectivity index (χ2v) is 6.82. The highest BCUT2D eigenvalue weighted by Crippen LogP contribution is 2.34. The van der Waals surface area contributed by atoms with Gasteiger partial charge in [-0.05, 0) is 35.7 Å². The van der Waals surface area contributed by atoms with Crippen LogP contribution in [0, 0.1) is 6.92 Å². The van der Waals surface area contributed by atoms with Crippen LogP contribution in [0.2, 0.25) is 0 Å². The van der Waals surface area contributed by atoms with Gasteiger partial charge in [0, 0.05) is 23.6 Å². The second-order valence-electron chi connectivity index (χ2n) is 6.00. The largest absolute Gasteiger partial charge is 0.279 e. The van der Waals surface area contributed by atoms with Gasteiger partial charge in [-0.25, -0.2) is 0 Å². The van der Waals surface area contributed by atoms with Crippen molar-refractivity contribution in [3.05, 3.63) is 95.6 Å². The number of hydrogen-bond acceptors (Lipinski definition) is 2. The SMILES string of the molecule is Cc1ccc(N(Cl)Cc2ccccc2)c(N(Cl)Cc2ccccc2)c1. The van der Waals surface area contributed by atoms with E-state index in [9.17, 15) is 0 Å². The molecule has 2 nitrogen and oxygen atoms in total. The molecule has 0 unspecified atom stereocenters. The van der Waals surface area contributed by atoms with Gasteiger partial charge in [0.25, 0.3) is 0 Å². The zero-order valence-electron chi connectivity index (χ0n) is 14.1. The van der Waals surface area contributed by atoms with E-state index in [2.05, 4.69) is 37.3 Å². The van der Waals surface area contributed by atoms with E-state index in [1.807, 2.05) is 48.5 Å². The maximum atomic E-state index is 6.61. The lowest BCUT2D eigenvalue weighted by Crippen LogP contribution is -2.16. The number of nitrogens with zero attached hydrogens (tertiary/aromatic N) is 2. The predicted octanol–water partition coefficient (Wildman–Crippen LogP) is 6.32. The first-order valence-electron chi connectivity index (χ1n) is 8.18. The number of halogens is 2. The Morgan fingerprint density at radius 3 is 1.64 bits per heavy atom. The van der Waals surface area contributed by atoms with E-state index < -0.39 is 0 Å². The molecule has 0 radical (unpaired) electrons. The molecular weight excluding hydrogens is 351 g/mol. The molecule has 25 heavy (non-hydrogen) atoms. The summed E-state index contributed by atoms with van der Waals surface area (Å²) < 4.78 is 3.43. The Labute approximate surface area is 159 Å². The number of hydrogen-bond donors (Lipinski definition) is 0. The summed E-state index contributed by atoms with van der Waals surface area (Å²) in [4.78, 5) is 0. The lowest BCUT2D eigenvalue weighted by atomic mass is 10.1. The molecule has 0 saturated heterocycles. The van der Waals surface area contributed by atoms with Gasteiger partial charge in [-0.1, -0.05) is 66.7 Å². The highest BCUT2D eigenvalue weighted by Gasteiger charge is 2.15. The average molecular weight is 371 g/mol. The van der Waals surface area contributed by atoms with Gasteiger partial charge in [0.05, 0.1) is 24.5 Å². The lowest BCUT2D eigenvalue weighted by molar-refractivity contribution is 1.01. The van der Waals surface area contributed by atoms with Crippen molar-refractivity contribution >= 4 is 34.9 Å². The number of benzene rings is 3. The molecule has 0 spiro atoms. The zero-order chi connectivity index (χ0) is 17.6. The molecular formula is C21H20Cl2N2. The van der Waals surface area contributed by atoms with E-state index in [0.29, 0.717) is 13.1 Å². The van der Waals surface area contributed by atoms with E-state index in [1.54, 1.807) is 8.84 Å². The van der Waals surface area contributed by atoms with E-state index in [4.69, 9.17) is 23.6 Å². The highest BCUT2D eigenvalue weighted by molar-refractivity contribution is 6.29. The Kier molecular flexibility index (Phi) is 5.85. The van der Waals surface area contributed by atoms with Gasteiger partial charge >= 0.3 is 0 Å². The molecule has 0 aliphatic carbocycles. The Morgan fingerprint density at radius 1 is 0.640 bits per heavy atom. The third-order valence-electron chi connectivity index (χ3n) is 3.98. The van der Waals surface area contributed by atoms with E-state index in [-0.39, 0.29) is 0 Å². The summed E-state index contributed by atoms with van der Waals surface area (Å²) in [5, 5.41) is 0. The van der Waals surface area contributed by atoms with Crippen molar-refractivity contribution in [3.63, 3.8) is 0 Å². The minimum Gasteiger partial charge on any atom is -0.279 e. The molecule has 0 aliphatic heterocycles. The summed E-state index contributed by atoms with van der Waals surface area (Å²) in [5.41, 5.74) is 5.23. The van der Waals surface area contributed by atoms with Crippen molar-refractivity contribution in [2.75, 3.05) is 8.84 Å². The Hall–Kier alpha value is -2.16. The second kappa shape index (κ2) is 8.28. The zero-order valence-corrected chi connectivity index (χ0v) is 15.6. The first-order valence-corrected chi connectivity index (χ1v) is 8.86. The summed E-state index contributed by atoms with van der Waals surface area (Å²) in [5.74, 6) is 0. The number of aryl methyl sites for hydroxylation is 1. The molecule has 0 atom stereocenters. The van der Waals surface area contributed by atoms with Crippen LogP contribution in [-0.4, -0.2) is 0 Å². The molecule has 128 valence electrons. The third kappa shape index (κ3) is 4.68. The lowest BCUT2D eigenvalue weighted by Gasteiger charge is -2.25. The van der Waals surface area contributed by atoms with Crippen LogP contribution < -0.4 is 8.84 Å². The van der Waals surface area contributed by atoms with Crippen LogP contribution in [0.1, 0.15) is 16.7 Å². The van der Waals surface area contributed by atoms with Crippen LogP contribution in [0.25, 0.3) is 0 Å². The van der Waals surface area contributed by atoms with Crippen molar-refractivity contribution < 1.29 is 0 Å². The quantitative estimate of drug-likeness (QED) is 0.468. The van der Waals surface area contributed by atoms with Gasteiger partial charge in [0.1, 0.15) is 0 Å². The number of rotatable bonds is 6. The highest BCUT2D eigenvalue weighted by atomic mass is 35.5. The molecule has 0 N–H and O–H groups in total. The Balaban J connectivity index is 1.84. The monoisotopic (exact) mass is 370 g/mol. The van der Waals surface area contributed by atoms with Crippen LogP contribution >= 0.6 is 23.6 Å². The molecule has 0 fully saturated rings. The first-order chi connectivity index (χ1) is 12.1. The molecule has 0 heterocycles. The van der Waals surface area contributed by atoms with Crippen molar-refractivity contribution in [2.45, 2.75) is 20.0 Å². The average Bonchev–Trinajstić information content (AvgIpc) is 2.63. The Morgan fingerprint density at radius 2 is 1.12 bits per heavy atom. The molecule has 4 heteroatoms. The van der Waals surface area contributed by atoms with Gasteiger partial charge in [0.2, 0.25) is 0 Å². The van der Waals surface area contributed by atoms with Gasteiger partial charge in [0.15, 0.2) is 0 Å². The van der Waals surface area contributed by atoms with Gasteiger partial charge in [-0.3, -0.25) is 8.84 Å². The maximum Gasteiger partial charge on any atom is 0.0775 e. The van der Waals surface area contributed by atoms with Crippen LogP contribution in [0.5, 0.6) is 0 Å². The minimum absolute atomic E-state index is 0.606. The standard InChI is InChI=1S/C21H20Cl2N2/c1-17-12-13-20(24(22)15-18-8-4-2-5-9-18)21(14-17)25(23)16-19-10-6-3-7-11-19/h2-14H,15-16H2,1H3. The summed E-state index contributed by atoms with van der Waals surface area (Å²) in [6.07, 6.45) is 0. The molecule has 3 rings (SSSR count). The molecule has 0 saturated carbocycles. The van der Waals surface area contributed by atoms with E-state index in [0.717, 1.165) is 28.1 Å². The molecule has 3 aromatic rings. The van der Waals surface area contributed by atoms with Crippen molar-refractivity contribution in [2.24, 2.45) is 0 Å². The van der Waals surface area contributed by atoms with Crippen LogP contribution in [0.4, 0.5) is 11.4 Å². The van der Waals surface area contributed by atoms with Crippen molar-refractivity contribution in [1.29, 1.82) is 0 Å². The molecule has 0 bridgehead atoms. The van der Waals surface area contributed by atoms with Crippen molar-refractivity contribution in [3.8, 4) is 0 Å². The van der Waals surface area contributed by atoms with Crippen LogP contribution in [0.3, 0.4) is 0 Å². The number of anilines is 2. The van der Waals surface area contributed by atoms with Crippen LogP contribution in [0.15, 0.2) is 78.9 Å². The van der Waals surface area contributed by atoms with Crippen molar-refractivity contribution in [1.82, 2.24) is 0 Å². The summed E-state index contributed by atoms with van der Waals surface area (Å²) in [7, 11) is 0. The normalized spacial score (nSPS) is 10.5.